The lowest BCUT2D eigenvalue weighted by molar-refractivity contribution is -0.139. The van der Waals surface area contributed by atoms with Crippen molar-refractivity contribution in [3.8, 4) is 0 Å². The van der Waals surface area contributed by atoms with Gasteiger partial charge in [0, 0.05) is 24.2 Å². The maximum Gasteiger partial charge on any atom is 0.408 e. The first kappa shape index (κ1) is 15.8. The van der Waals surface area contributed by atoms with Crippen molar-refractivity contribution in [1.82, 2.24) is 15.3 Å². The highest BCUT2D eigenvalue weighted by atomic mass is 16.6. The van der Waals surface area contributed by atoms with Gasteiger partial charge in [-0.1, -0.05) is 0 Å². The molecular formula is C15H19N3O4. The molecule has 0 saturated heterocycles. The fraction of sp³-hybridized carbons (Fsp3) is 0.400. The number of aliphatic carboxylic acids is 1. The zero-order chi connectivity index (χ0) is 16.3. The summed E-state index contributed by atoms with van der Waals surface area (Å²) in [4.78, 5) is 30.2. The molecule has 1 atom stereocenters. The van der Waals surface area contributed by atoms with Gasteiger partial charge in [-0.05, 0) is 38.5 Å². The molecular weight excluding hydrogens is 286 g/mol. The quantitative estimate of drug-likeness (QED) is 0.802. The third kappa shape index (κ3) is 3.97. The minimum absolute atomic E-state index is 0.139. The second-order valence-corrected chi connectivity index (χ2v) is 5.95. The van der Waals surface area contributed by atoms with Crippen LogP contribution >= 0.6 is 0 Å². The number of ether oxygens (including phenoxy) is 1. The van der Waals surface area contributed by atoms with Crippen LogP contribution in [0.4, 0.5) is 4.79 Å². The van der Waals surface area contributed by atoms with Crippen molar-refractivity contribution in [3.63, 3.8) is 0 Å². The fourth-order valence-corrected chi connectivity index (χ4v) is 2.05. The number of aromatic nitrogens is 2. The molecule has 22 heavy (non-hydrogen) atoms. The van der Waals surface area contributed by atoms with Crippen molar-refractivity contribution >= 4 is 23.1 Å². The molecule has 0 aromatic carbocycles. The highest BCUT2D eigenvalue weighted by Crippen LogP contribution is 2.17. The van der Waals surface area contributed by atoms with Crippen LogP contribution in [0.3, 0.4) is 0 Å². The number of nitrogens with zero attached hydrogens (tertiary/aromatic N) is 1. The third-order valence-corrected chi connectivity index (χ3v) is 2.95. The van der Waals surface area contributed by atoms with E-state index in [-0.39, 0.29) is 6.42 Å². The Morgan fingerprint density at radius 2 is 2.18 bits per heavy atom. The molecule has 3 N–H and O–H groups in total. The molecule has 0 saturated carbocycles. The third-order valence-electron chi connectivity index (χ3n) is 2.95. The lowest BCUT2D eigenvalue weighted by Crippen LogP contribution is -2.44. The normalized spacial score (nSPS) is 12.9. The number of hydrogen-bond donors (Lipinski definition) is 3. The number of aromatic amines is 1. The van der Waals surface area contributed by atoms with Gasteiger partial charge in [-0.2, -0.15) is 0 Å². The number of rotatable bonds is 4. The van der Waals surface area contributed by atoms with Crippen LogP contribution < -0.4 is 5.32 Å². The van der Waals surface area contributed by atoms with Gasteiger partial charge in [0.25, 0.3) is 0 Å². The van der Waals surface area contributed by atoms with Gasteiger partial charge in [-0.3, -0.25) is 0 Å². The molecule has 0 radical (unpaired) electrons. The largest absolute Gasteiger partial charge is 0.480 e. The molecule has 2 aromatic heterocycles. The number of carbonyl (C=O) groups is 2. The van der Waals surface area contributed by atoms with E-state index in [9.17, 15) is 14.7 Å². The number of H-pyrrole nitrogens is 1. The molecule has 0 aliphatic carbocycles. The number of fused-ring (bicyclic) bond motifs is 1. The molecule has 7 heteroatoms. The van der Waals surface area contributed by atoms with Crippen LogP contribution in [0.15, 0.2) is 24.5 Å². The van der Waals surface area contributed by atoms with Crippen LogP contribution in [-0.4, -0.2) is 38.8 Å². The van der Waals surface area contributed by atoms with Gasteiger partial charge in [-0.25, -0.2) is 14.6 Å². The Balaban J connectivity index is 2.12. The standard InChI is InChI=1S/C15H19N3O4/c1-15(2,3)22-14(21)18-11(13(19)20)7-9-8-17-12-10(9)5-4-6-16-12/h4-6,8,11H,7H2,1-3H3,(H,16,17)(H,18,21)(H,19,20)/t11-/m1/s1. The SMILES string of the molecule is CC(C)(C)OC(=O)N[C@H](Cc1c[nH]c2ncccc12)C(=O)O. The lowest BCUT2D eigenvalue weighted by atomic mass is 10.1. The summed E-state index contributed by atoms with van der Waals surface area (Å²) in [5.41, 5.74) is 0.767. The summed E-state index contributed by atoms with van der Waals surface area (Å²) in [6, 6.07) is 2.55. The van der Waals surface area contributed by atoms with E-state index < -0.39 is 23.7 Å². The van der Waals surface area contributed by atoms with E-state index in [0.717, 1.165) is 10.9 Å². The van der Waals surface area contributed by atoms with Gasteiger partial charge in [0.05, 0.1) is 0 Å². The predicted octanol–water partition coefficient (Wildman–Crippen LogP) is 2.08. The number of pyridine rings is 1. The molecule has 0 spiro atoms. The van der Waals surface area contributed by atoms with Crippen LogP contribution in [-0.2, 0) is 16.0 Å². The second kappa shape index (κ2) is 6.05. The number of hydrogen-bond acceptors (Lipinski definition) is 4. The minimum Gasteiger partial charge on any atom is -0.480 e. The van der Waals surface area contributed by atoms with Crippen molar-refractivity contribution in [2.24, 2.45) is 0 Å². The van der Waals surface area contributed by atoms with Crippen LogP contribution in [0.1, 0.15) is 26.3 Å². The van der Waals surface area contributed by atoms with Crippen LogP contribution in [0, 0.1) is 0 Å². The zero-order valence-corrected chi connectivity index (χ0v) is 12.7. The maximum atomic E-state index is 11.7. The van der Waals surface area contributed by atoms with Crippen molar-refractivity contribution in [3.05, 3.63) is 30.1 Å². The van der Waals surface area contributed by atoms with E-state index in [2.05, 4.69) is 15.3 Å². The topological polar surface area (TPSA) is 104 Å². The lowest BCUT2D eigenvalue weighted by Gasteiger charge is -2.21. The molecule has 2 aromatic rings. The Labute approximate surface area is 127 Å². The average Bonchev–Trinajstić information content (AvgIpc) is 2.79. The summed E-state index contributed by atoms with van der Waals surface area (Å²) < 4.78 is 5.09. The van der Waals surface area contributed by atoms with E-state index >= 15 is 0 Å². The van der Waals surface area contributed by atoms with Gasteiger partial charge in [0.2, 0.25) is 0 Å². The Morgan fingerprint density at radius 3 is 2.82 bits per heavy atom. The van der Waals surface area contributed by atoms with E-state index in [1.807, 2.05) is 6.07 Å². The number of nitrogens with one attached hydrogen (secondary N) is 2. The first-order chi connectivity index (χ1) is 10.3. The molecule has 2 rings (SSSR count). The zero-order valence-electron chi connectivity index (χ0n) is 12.7. The van der Waals surface area contributed by atoms with Crippen molar-refractivity contribution in [1.29, 1.82) is 0 Å². The molecule has 0 aliphatic heterocycles. The smallest absolute Gasteiger partial charge is 0.408 e. The van der Waals surface area contributed by atoms with Gasteiger partial charge >= 0.3 is 12.1 Å². The second-order valence-electron chi connectivity index (χ2n) is 5.95. The highest BCUT2D eigenvalue weighted by molar-refractivity contribution is 5.83. The molecule has 2 heterocycles. The Morgan fingerprint density at radius 1 is 1.45 bits per heavy atom. The van der Waals surface area contributed by atoms with Crippen molar-refractivity contribution in [2.45, 2.75) is 38.8 Å². The summed E-state index contributed by atoms with van der Waals surface area (Å²) in [7, 11) is 0. The molecule has 1 amide bonds. The van der Waals surface area contributed by atoms with Crippen molar-refractivity contribution < 1.29 is 19.4 Å². The number of carbonyl (C=O) groups excluding carboxylic acids is 1. The van der Waals surface area contributed by atoms with Crippen molar-refractivity contribution in [2.75, 3.05) is 0 Å². The fourth-order valence-electron chi connectivity index (χ4n) is 2.05. The number of alkyl carbamates (subject to hydrolysis) is 1. The molecule has 118 valence electrons. The minimum atomic E-state index is -1.12. The first-order valence-electron chi connectivity index (χ1n) is 6.89. The van der Waals surface area contributed by atoms with Gasteiger partial charge < -0.3 is 20.1 Å². The summed E-state index contributed by atoms with van der Waals surface area (Å²) in [5, 5.41) is 12.5. The monoisotopic (exact) mass is 305 g/mol. The molecule has 7 nitrogen and oxygen atoms in total. The number of carboxylic acids is 1. The maximum absolute atomic E-state index is 11.7. The van der Waals surface area contributed by atoms with Crippen LogP contribution in [0.2, 0.25) is 0 Å². The summed E-state index contributed by atoms with van der Waals surface area (Å²) in [6.07, 6.45) is 2.74. The van der Waals surface area contributed by atoms with Gasteiger partial charge in [-0.15, -0.1) is 0 Å². The van der Waals surface area contributed by atoms with Crippen LogP contribution in [0.25, 0.3) is 11.0 Å². The molecule has 0 unspecified atom stereocenters. The molecule has 0 aliphatic rings. The number of carboxylic acid groups (broad SMARTS) is 1. The predicted molar refractivity (Wildman–Crippen MR) is 80.6 cm³/mol. The average molecular weight is 305 g/mol. The molecule has 0 bridgehead atoms. The van der Waals surface area contributed by atoms with Crippen LogP contribution in [0.5, 0.6) is 0 Å². The Hall–Kier alpha value is -2.57. The van der Waals surface area contributed by atoms with Gasteiger partial charge in [0.1, 0.15) is 17.3 Å². The summed E-state index contributed by atoms with van der Waals surface area (Å²) in [6.45, 7) is 5.15. The summed E-state index contributed by atoms with van der Waals surface area (Å²) >= 11 is 0. The highest BCUT2D eigenvalue weighted by Gasteiger charge is 2.25. The van der Waals surface area contributed by atoms with E-state index in [1.165, 1.54) is 0 Å². The Bertz CT molecular complexity index is 687. The summed E-state index contributed by atoms with van der Waals surface area (Å²) in [5.74, 6) is -1.12. The van der Waals surface area contributed by atoms with E-state index in [0.29, 0.717) is 5.65 Å². The van der Waals surface area contributed by atoms with E-state index in [4.69, 9.17) is 4.74 Å². The molecule has 0 fully saturated rings. The first-order valence-corrected chi connectivity index (χ1v) is 6.89. The Kier molecular flexibility index (Phi) is 4.35. The van der Waals surface area contributed by atoms with Gasteiger partial charge in [0.15, 0.2) is 0 Å². The number of amides is 1. The van der Waals surface area contributed by atoms with E-state index in [1.54, 1.807) is 39.2 Å².